The number of halogens is 1. The van der Waals surface area contributed by atoms with Crippen molar-refractivity contribution in [2.24, 2.45) is 0 Å². The second kappa shape index (κ2) is 7.79. The molecule has 0 unspecified atom stereocenters. The van der Waals surface area contributed by atoms with Gasteiger partial charge in [0.05, 0.1) is 16.6 Å². The van der Waals surface area contributed by atoms with Crippen LogP contribution >= 0.6 is 11.6 Å². The Hall–Kier alpha value is -3.40. The topological polar surface area (TPSA) is 84.0 Å². The van der Waals surface area contributed by atoms with Crippen LogP contribution in [0.3, 0.4) is 0 Å². The molecular formula is C23H19ClN4O2. The number of benzene rings is 2. The summed E-state index contributed by atoms with van der Waals surface area (Å²) in [5.74, 6) is 0.414. The van der Waals surface area contributed by atoms with E-state index in [2.05, 4.69) is 16.0 Å². The molecule has 0 saturated carbocycles. The first-order chi connectivity index (χ1) is 14.4. The normalized spacial score (nSPS) is 11.4. The summed E-state index contributed by atoms with van der Waals surface area (Å²) in [4.78, 5) is 8.57. The highest BCUT2D eigenvalue weighted by Crippen LogP contribution is 2.36. The smallest absolute Gasteiger partial charge is 0.150 e. The summed E-state index contributed by atoms with van der Waals surface area (Å²) in [5, 5.41) is 20.6. The first-order valence-corrected chi connectivity index (χ1v) is 9.72. The third-order valence-electron chi connectivity index (χ3n) is 4.56. The second-order valence-electron chi connectivity index (χ2n) is 7.54. The van der Waals surface area contributed by atoms with Crippen molar-refractivity contribution in [3.05, 3.63) is 71.8 Å². The van der Waals surface area contributed by atoms with Crippen LogP contribution in [0.1, 0.15) is 19.4 Å². The Labute approximate surface area is 179 Å². The Morgan fingerprint density at radius 1 is 1.17 bits per heavy atom. The number of fused-ring (bicyclic) bond motifs is 1. The molecule has 4 aromatic rings. The molecule has 0 aliphatic heterocycles. The lowest BCUT2D eigenvalue weighted by atomic mass is 10.0. The third-order valence-corrected chi connectivity index (χ3v) is 4.85. The van der Waals surface area contributed by atoms with E-state index in [1.54, 1.807) is 26.0 Å². The number of hydrogen-bond donors (Lipinski definition) is 1. The van der Waals surface area contributed by atoms with Crippen LogP contribution < -0.4 is 4.74 Å². The Morgan fingerprint density at radius 2 is 1.93 bits per heavy atom. The SMILES string of the molecule is CC(C)(O)COc1ccc(-c2cn(-c3ccccc3)c3ncnc(Cl)c23)cc1C#N. The van der Waals surface area contributed by atoms with Gasteiger partial charge in [0.25, 0.3) is 0 Å². The third kappa shape index (κ3) is 3.86. The molecule has 0 fully saturated rings. The first kappa shape index (κ1) is 19.9. The maximum atomic E-state index is 9.90. The van der Waals surface area contributed by atoms with E-state index >= 15 is 0 Å². The van der Waals surface area contributed by atoms with E-state index in [4.69, 9.17) is 16.3 Å². The standard InChI is InChI=1S/C23H19ClN4O2/c1-23(2,29)13-30-19-9-8-15(10-16(19)11-25)18-12-28(17-6-4-3-5-7-17)22-20(18)21(24)26-14-27-22/h3-10,12,14,29H,13H2,1-2H3. The quantitative estimate of drug-likeness (QED) is 0.472. The molecule has 0 aliphatic rings. The van der Waals surface area contributed by atoms with Gasteiger partial charge in [0.2, 0.25) is 0 Å². The maximum absolute atomic E-state index is 9.90. The van der Waals surface area contributed by atoms with Crippen LogP contribution in [0.25, 0.3) is 27.8 Å². The molecule has 150 valence electrons. The lowest BCUT2D eigenvalue weighted by Crippen LogP contribution is -2.28. The molecule has 0 spiro atoms. The van der Waals surface area contributed by atoms with Crippen LogP contribution in [0.2, 0.25) is 5.15 Å². The van der Waals surface area contributed by atoms with Crippen LogP contribution in [-0.2, 0) is 0 Å². The van der Waals surface area contributed by atoms with Gasteiger partial charge in [-0.25, -0.2) is 9.97 Å². The molecule has 0 amide bonds. The van der Waals surface area contributed by atoms with E-state index in [-0.39, 0.29) is 6.61 Å². The van der Waals surface area contributed by atoms with E-state index in [0.29, 0.717) is 27.5 Å². The predicted molar refractivity (Wildman–Crippen MR) is 116 cm³/mol. The van der Waals surface area contributed by atoms with Gasteiger partial charge in [-0.3, -0.25) is 0 Å². The van der Waals surface area contributed by atoms with E-state index in [1.807, 2.05) is 47.2 Å². The molecule has 0 aliphatic carbocycles. The number of aliphatic hydroxyl groups is 1. The zero-order valence-electron chi connectivity index (χ0n) is 16.5. The number of rotatable bonds is 5. The summed E-state index contributed by atoms with van der Waals surface area (Å²) < 4.78 is 7.59. The highest BCUT2D eigenvalue weighted by Gasteiger charge is 2.19. The van der Waals surface area contributed by atoms with E-state index in [1.165, 1.54) is 6.33 Å². The minimum Gasteiger partial charge on any atom is -0.489 e. The van der Waals surface area contributed by atoms with Crippen LogP contribution in [-0.4, -0.2) is 31.8 Å². The van der Waals surface area contributed by atoms with Crippen LogP contribution in [0, 0.1) is 11.3 Å². The first-order valence-electron chi connectivity index (χ1n) is 9.34. The highest BCUT2D eigenvalue weighted by atomic mass is 35.5. The number of aromatic nitrogens is 3. The summed E-state index contributed by atoms with van der Waals surface area (Å²) in [6.45, 7) is 3.37. The van der Waals surface area contributed by atoms with Crippen molar-refractivity contribution in [1.82, 2.24) is 14.5 Å². The second-order valence-corrected chi connectivity index (χ2v) is 7.89. The molecule has 0 bridgehead atoms. The molecule has 1 N–H and O–H groups in total. The van der Waals surface area contributed by atoms with E-state index in [0.717, 1.165) is 16.8 Å². The van der Waals surface area contributed by atoms with Gasteiger partial charge >= 0.3 is 0 Å². The van der Waals surface area contributed by atoms with Gasteiger partial charge < -0.3 is 14.4 Å². The molecule has 2 aromatic carbocycles. The van der Waals surface area contributed by atoms with Crippen molar-refractivity contribution in [2.75, 3.05) is 6.61 Å². The van der Waals surface area contributed by atoms with Gasteiger partial charge in [0.15, 0.2) is 0 Å². The lowest BCUT2D eigenvalue weighted by Gasteiger charge is -2.18. The van der Waals surface area contributed by atoms with Crippen molar-refractivity contribution in [3.8, 4) is 28.6 Å². The summed E-state index contributed by atoms with van der Waals surface area (Å²) in [6.07, 6.45) is 3.37. The van der Waals surface area contributed by atoms with Crippen LogP contribution in [0.15, 0.2) is 61.1 Å². The van der Waals surface area contributed by atoms with E-state index in [9.17, 15) is 10.4 Å². The number of hydrogen-bond acceptors (Lipinski definition) is 5. The van der Waals surface area contributed by atoms with Gasteiger partial charge in [-0.1, -0.05) is 35.9 Å². The van der Waals surface area contributed by atoms with Crippen LogP contribution in [0.4, 0.5) is 0 Å². The van der Waals surface area contributed by atoms with Gasteiger partial charge in [-0.2, -0.15) is 5.26 Å². The van der Waals surface area contributed by atoms with Crippen molar-refractivity contribution < 1.29 is 9.84 Å². The van der Waals surface area contributed by atoms with Crippen molar-refractivity contribution in [1.29, 1.82) is 5.26 Å². The van der Waals surface area contributed by atoms with Crippen LogP contribution in [0.5, 0.6) is 5.75 Å². The summed E-state index contributed by atoms with van der Waals surface area (Å²) >= 11 is 6.44. The maximum Gasteiger partial charge on any atom is 0.150 e. The Bertz CT molecular complexity index is 1250. The molecule has 0 atom stereocenters. The fourth-order valence-electron chi connectivity index (χ4n) is 3.19. The minimum atomic E-state index is -1.00. The predicted octanol–water partition coefficient (Wildman–Crippen LogP) is 4.76. The minimum absolute atomic E-state index is 0.0774. The van der Waals surface area contributed by atoms with E-state index < -0.39 is 5.60 Å². The molecule has 2 heterocycles. The summed E-state index contributed by atoms with van der Waals surface area (Å²) in [7, 11) is 0. The summed E-state index contributed by atoms with van der Waals surface area (Å²) in [5.41, 5.74) is 2.58. The molecule has 4 rings (SSSR count). The zero-order chi connectivity index (χ0) is 21.3. The molecule has 30 heavy (non-hydrogen) atoms. The highest BCUT2D eigenvalue weighted by molar-refractivity contribution is 6.35. The monoisotopic (exact) mass is 418 g/mol. The molecule has 0 saturated heterocycles. The van der Waals surface area contributed by atoms with Crippen molar-refractivity contribution in [3.63, 3.8) is 0 Å². The summed E-state index contributed by atoms with van der Waals surface area (Å²) in [6, 6.07) is 17.3. The number of para-hydroxylation sites is 1. The Morgan fingerprint density at radius 3 is 2.63 bits per heavy atom. The van der Waals surface area contributed by atoms with Gasteiger partial charge in [0, 0.05) is 17.4 Å². The van der Waals surface area contributed by atoms with Crippen molar-refractivity contribution >= 4 is 22.6 Å². The molecule has 0 radical (unpaired) electrons. The molecule has 2 aromatic heterocycles. The number of nitriles is 1. The number of nitrogens with zero attached hydrogens (tertiary/aromatic N) is 4. The Balaban J connectivity index is 1.85. The zero-order valence-corrected chi connectivity index (χ0v) is 17.3. The fraction of sp³-hybridized carbons (Fsp3) is 0.174. The van der Waals surface area contributed by atoms with Gasteiger partial charge in [0.1, 0.15) is 35.6 Å². The molecule has 6 nitrogen and oxygen atoms in total. The van der Waals surface area contributed by atoms with Gasteiger partial charge in [-0.15, -0.1) is 0 Å². The Kier molecular flexibility index (Phi) is 5.17. The largest absolute Gasteiger partial charge is 0.489 e. The molecular weight excluding hydrogens is 400 g/mol. The number of ether oxygens (including phenoxy) is 1. The average molecular weight is 419 g/mol. The average Bonchev–Trinajstić information content (AvgIpc) is 3.13. The fourth-order valence-corrected chi connectivity index (χ4v) is 3.42. The van der Waals surface area contributed by atoms with Crippen molar-refractivity contribution in [2.45, 2.75) is 19.4 Å². The molecule has 7 heteroatoms. The lowest BCUT2D eigenvalue weighted by molar-refractivity contribution is 0.0284. The van der Waals surface area contributed by atoms with Gasteiger partial charge in [-0.05, 0) is 43.7 Å².